The van der Waals surface area contributed by atoms with Crippen molar-refractivity contribution in [3.63, 3.8) is 0 Å². The van der Waals surface area contributed by atoms with Crippen LogP contribution >= 0.6 is 0 Å². The quantitative estimate of drug-likeness (QED) is 0.798. The lowest BCUT2D eigenvalue weighted by Crippen LogP contribution is -2.47. The highest BCUT2D eigenvalue weighted by molar-refractivity contribution is 5.97. The van der Waals surface area contributed by atoms with Crippen molar-refractivity contribution in [2.75, 3.05) is 13.7 Å². The van der Waals surface area contributed by atoms with Gasteiger partial charge in [0.15, 0.2) is 0 Å². The fraction of sp³-hybridized carbons (Fsp3) is 0.214. The molecule has 0 aliphatic heterocycles. The molecule has 2 amide bonds. The summed E-state index contributed by atoms with van der Waals surface area (Å²) in [5.41, 5.74) is 5.43. The smallest absolute Gasteiger partial charge is 0.252 e. The van der Waals surface area contributed by atoms with E-state index in [-0.39, 0.29) is 17.9 Å². The first-order valence-corrected chi connectivity index (χ1v) is 6.41. The van der Waals surface area contributed by atoms with Crippen LogP contribution in [0.5, 0.6) is 0 Å². The molecular formula is C14H15FN4O3. The van der Waals surface area contributed by atoms with Crippen LogP contribution < -0.4 is 11.1 Å². The van der Waals surface area contributed by atoms with Crippen molar-refractivity contribution in [2.45, 2.75) is 6.04 Å². The van der Waals surface area contributed by atoms with Gasteiger partial charge in [-0.2, -0.15) is 5.10 Å². The second-order valence-corrected chi connectivity index (χ2v) is 4.50. The maximum Gasteiger partial charge on any atom is 0.252 e. The van der Waals surface area contributed by atoms with Crippen LogP contribution in [-0.2, 0) is 9.53 Å². The number of primary amides is 1. The minimum Gasteiger partial charge on any atom is -0.382 e. The van der Waals surface area contributed by atoms with Crippen LogP contribution in [0.2, 0.25) is 0 Å². The van der Waals surface area contributed by atoms with Crippen LogP contribution in [0, 0.1) is 5.82 Å². The van der Waals surface area contributed by atoms with E-state index in [2.05, 4.69) is 10.4 Å². The molecule has 116 valence electrons. The first kappa shape index (κ1) is 15.6. The Morgan fingerprint density at radius 1 is 1.50 bits per heavy atom. The SMILES string of the molecule is COCC(NC(=O)c1ccc(-n2cccn2)c(F)c1)C(N)=O. The average Bonchev–Trinajstić information content (AvgIpc) is 3.00. The lowest BCUT2D eigenvalue weighted by molar-refractivity contribution is -0.121. The summed E-state index contributed by atoms with van der Waals surface area (Å²) in [5, 5.41) is 6.30. The number of carbonyl (C=O) groups excluding carboxylic acids is 2. The second-order valence-electron chi connectivity index (χ2n) is 4.50. The fourth-order valence-corrected chi connectivity index (χ4v) is 1.85. The number of carbonyl (C=O) groups is 2. The zero-order chi connectivity index (χ0) is 16.1. The summed E-state index contributed by atoms with van der Waals surface area (Å²) >= 11 is 0. The molecule has 0 radical (unpaired) electrons. The molecule has 2 rings (SSSR count). The monoisotopic (exact) mass is 306 g/mol. The average molecular weight is 306 g/mol. The van der Waals surface area contributed by atoms with Crippen molar-refractivity contribution in [1.29, 1.82) is 0 Å². The summed E-state index contributed by atoms with van der Waals surface area (Å²) in [4.78, 5) is 23.2. The van der Waals surface area contributed by atoms with Crippen molar-refractivity contribution in [1.82, 2.24) is 15.1 Å². The van der Waals surface area contributed by atoms with E-state index in [4.69, 9.17) is 10.5 Å². The molecule has 1 aromatic carbocycles. The maximum atomic E-state index is 14.1. The van der Waals surface area contributed by atoms with Gasteiger partial charge in [0.2, 0.25) is 5.91 Å². The predicted molar refractivity (Wildman–Crippen MR) is 75.8 cm³/mol. The number of amides is 2. The van der Waals surface area contributed by atoms with Gasteiger partial charge in [-0.3, -0.25) is 9.59 Å². The summed E-state index contributed by atoms with van der Waals surface area (Å²) in [7, 11) is 1.38. The van der Waals surface area contributed by atoms with E-state index < -0.39 is 23.7 Å². The molecule has 0 spiro atoms. The first-order valence-electron chi connectivity index (χ1n) is 6.41. The van der Waals surface area contributed by atoms with E-state index in [1.807, 2.05) is 0 Å². The third-order valence-corrected chi connectivity index (χ3v) is 2.94. The number of nitrogens with zero attached hydrogens (tertiary/aromatic N) is 2. The minimum absolute atomic E-state index is 0.0606. The topological polar surface area (TPSA) is 99.2 Å². The minimum atomic E-state index is -0.980. The maximum absolute atomic E-state index is 14.1. The molecule has 0 saturated heterocycles. The van der Waals surface area contributed by atoms with Crippen LogP contribution in [0.3, 0.4) is 0 Å². The normalized spacial score (nSPS) is 11.9. The van der Waals surface area contributed by atoms with Crippen LogP contribution in [0.1, 0.15) is 10.4 Å². The number of ether oxygens (including phenoxy) is 1. The number of aromatic nitrogens is 2. The van der Waals surface area contributed by atoms with Gasteiger partial charge in [-0.25, -0.2) is 9.07 Å². The van der Waals surface area contributed by atoms with Crippen LogP contribution in [0.15, 0.2) is 36.7 Å². The molecule has 1 heterocycles. The first-order chi connectivity index (χ1) is 10.5. The number of rotatable bonds is 6. The highest BCUT2D eigenvalue weighted by atomic mass is 19.1. The van der Waals surface area contributed by atoms with Gasteiger partial charge in [0, 0.05) is 25.1 Å². The van der Waals surface area contributed by atoms with Gasteiger partial charge in [-0.05, 0) is 24.3 Å². The Hall–Kier alpha value is -2.74. The molecule has 8 heteroatoms. The van der Waals surface area contributed by atoms with Gasteiger partial charge in [-0.1, -0.05) is 0 Å². The number of hydrogen-bond acceptors (Lipinski definition) is 4. The van der Waals surface area contributed by atoms with E-state index in [1.54, 1.807) is 12.3 Å². The van der Waals surface area contributed by atoms with Crippen molar-refractivity contribution in [2.24, 2.45) is 5.73 Å². The standard InChI is InChI=1S/C14H15FN4O3/c1-22-8-11(13(16)20)18-14(21)9-3-4-12(10(15)7-9)19-6-2-5-17-19/h2-7,11H,8H2,1H3,(H2,16,20)(H,18,21). The number of methoxy groups -OCH3 is 1. The van der Waals surface area contributed by atoms with Crippen LogP contribution in [-0.4, -0.2) is 41.4 Å². The zero-order valence-corrected chi connectivity index (χ0v) is 11.8. The summed E-state index contributed by atoms with van der Waals surface area (Å²) in [6, 6.07) is 4.60. The van der Waals surface area contributed by atoms with Crippen molar-refractivity contribution in [3.05, 3.63) is 48.0 Å². The van der Waals surface area contributed by atoms with Crippen molar-refractivity contribution < 1.29 is 18.7 Å². The Morgan fingerprint density at radius 2 is 2.27 bits per heavy atom. The van der Waals surface area contributed by atoms with E-state index in [9.17, 15) is 14.0 Å². The van der Waals surface area contributed by atoms with Gasteiger partial charge in [0.25, 0.3) is 5.91 Å². The molecule has 0 aliphatic rings. The second kappa shape index (κ2) is 6.81. The molecule has 22 heavy (non-hydrogen) atoms. The molecule has 1 aromatic heterocycles. The summed E-state index contributed by atoms with van der Waals surface area (Å²) < 4.78 is 20.2. The van der Waals surface area contributed by atoms with Gasteiger partial charge in [0.05, 0.1) is 6.61 Å². The number of halogens is 1. The lowest BCUT2D eigenvalue weighted by Gasteiger charge is -2.14. The van der Waals surface area contributed by atoms with E-state index in [0.29, 0.717) is 0 Å². The van der Waals surface area contributed by atoms with Crippen molar-refractivity contribution in [3.8, 4) is 5.69 Å². The Bertz CT molecular complexity index is 673. The van der Waals surface area contributed by atoms with Gasteiger partial charge >= 0.3 is 0 Å². The van der Waals surface area contributed by atoms with Gasteiger partial charge in [0.1, 0.15) is 17.5 Å². The molecule has 7 nitrogen and oxygen atoms in total. The highest BCUT2D eigenvalue weighted by Gasteiger charge is 2.19. The van der Waals surface area contributed by atoms with Crippen LogP contribution in [0.25, 0.3) is 5.69 Å². The molecule has 0 saturated carbocycles. The Morgan fingerprint density at radius 3 is 2.82 bits per heavy atom. The van der Waals surface area contributed by atoms with E-state index in [0.717, 1.165) is 6.07 Å². The fourth-order valence-electron chi connectivity index (χ4n) is 1.85. The summed E-state index contributed by atoms with van der Waals surface area (Å²) in [5.74, 6) is -1.96. The largest absolute Gasteiger partial charge is 0.382 e. The number of hydrogen-bond donors (Lipinski definition) is 2. The van der Waals surface area contributed by atoms with Crippen LogP contribution in [0.4, 0.5) is 4.39 Å². The Balaban J connectivity index is 2.17. The molecule has 0 bridgehead atoms. The molecule has 0 fully saturated rings. The molecule has 0 aliphatic carbocycles. The predicted octanol–water partition coefficient (Wildman–Crippen LogP) is 0.242. The third-order valence-electron chi connectivity index (χ3n) is 2.94. The van der Waals surface area contributed by atoms with Crippen molar-refractivity contribution >= 4 is 11.8 Å². The Kier molecular flexibility index (Phi) is 4.84. The molecular weight excluding hydrogens is 291 g/mol. The molecule has 2 aromatic rings. The summed E-state index contributed by atoms with van der Waals surface area (Å²) in [6.45, 7) is -0.0606. The molecule has 3 N–H and O–H groups in total. The highest BCUT2D eigenvalue weighted by Crippen LogP contribution is 2.14. The van der Waals surface area contributed by atoms with Gasteiger partial charge < -0.3 is 15.8 Å². The number of nitrogens with two attached hydrogens (primary N) is 1. The Labute approximate surface area is 125 Å². The zero-order valence-electron chi connectivity index (χ0n) is 11.8. The van der Waals surface area contributed by atoms with E-state index in [1.165, 1.54) is 30.1 Å². The number of nitrogens with one attached hydrogen (secondary N) is 1. The lowest BCUT2D eigenvalue weighted by atomic mass is 10.1. The number of benzene rings is 1. The van der Waals surface area contributed by atoms with E-state index >= 15 is 0 Å². The third kappa shape index (κ3) is 3.47. The van der Waals surface area contributed by atoms with Gasteiger partial charge in [-0.15, -0.1) is 0 Å². The molecule has 1 atom stereocenters. The molecule has 1 unspecified atom stereocenters. The summed E-state index contributed by atoms with van der Waals surface area (Å²) in [6.07, 6.45) is 3.10.